The summed E-state index contributed by atoms with van der Waals surface area (Å²) in [5.74, 6) is 1.83. The van der Waals surface area contributed by atoms with E-state index in [0.29, 0.717) is 28.6 Å². The third-order valence-electron chi connectivity index (χ3n) is 13.9. The van der Waals surface area contributed by atoms with Crippen LogP contribution in [0.15, 0.2) is 225 Å². The summed E-state index contributed by atoms with van der Waals surface area (Å²) in [5.41, 5.74) is 16.6. The van der Waals surface area contributed by atoms with Crippen LogP contribution in [-0.2, 0) is 20.1 Å². The second-order valence-corrected chi connectivity index (χ2v) is 21.5. The van der Waals surface area contributed by atoms with Crippen LogP contribution in [0, 0.1) is 29.0 Å². The number of carbonyl (C=O) groups is 2. The fourth-order valence-electron chi connectivity index (χ4n) is 9.70. The summed E-state index contributed by atoms with van der Waals surface area (Å²) < 4.78 is 0. The van der Waals surface area contributed by atoms with Crippen molar-refractivity contribution in [3.63, 3.8) is 0 Å². The van der Waals surface area contributed by atoms with Crippen LogP contribution in [0.25, 0.3) is 112 Å². The fraction of sp³-hybridized carbons (Fsp3) is 0.111. The molecule has 11 rings (SSSR count). The van der Waals surface area contributed by atoms with E-state index in [1.54, 1.807) is 0 Å². The minimum Gasteiger partial charge on any atom is -0.351 e. The Hall–Kier alpha value is -8.87. The van der Waals surface area contributed by atoms with Crippen LogP contribution in [0.5, 0.6) is 0 Å². The predicted octanol–water partition coefficient (Wildman–Crippen LogP) is 17.8. The molecule has 0 N–H and O–H groups in total. The summed E-state index contributed by atoms with van der Waals surface area (Å²) >= 11 is 0. The Morgan fingerprint density at radius 2 is 0.671 bits per heavy atom. The molecule has 7 heteroatoms. The molecule has 9 aromatic carbocycles. The first-order valence-corrected chi connectivity index (χ1v) is 26.2. The van der Waals surface area contributed by atoms with Gasteiger partial charge in [-0.2, -0.15) is 0 Å². The number of aromatic nitrogens is 4. The average molecular weight is 1200 g/mol. The molecule has 0 spiro atoms. The first-order chi connectivity index (χ1) is 37.7. The second kappa shape index (κ2) is 22.6. The Morgan fingerprint density at radius 1 is 0.342 bits per heavy atom. The van der Waals surface area contributed by atoms with Crippen molar-refractivity contribution in [3.8, 4) is 112 Å². The van der Waals surface area contributed by atoms with Gasteiger partial charge in [0.25, 0.3) is 0 Å². The molecular formula is C72H55IrN4O2. The molecule has 6 nitrogen and oxygen atoms in total. The summed E-state index contributed by atoms with van der Waals surface area (Å²) in [6.07, 6.45) is 1.81. The molecular weight excluding hydrogens is 1150 g/mol. The van der Waals surface area contributed by atoms with Gasteiger partial charge in [-0.1, -0.05) is 221 Å². The van der Waals surface area contributed by atoms with E-state index in [0.717, 1.165) is 94.7 Å². The third-order valence-corrected chi connectivity index (χ3v) is 13.9. The number of benzene rings is 9. The van der Waals surface area contributed by atoms with Gasteiger partial charge in [0.1, 0.15) is 0 Å². The first kappa shape index (κ1) is 53.5. The van der Waals surface area contributed by atoms with Crippen molar-refractivity contribution in [3.05, 3.63) is 254 Å². The van der Waals surface area contributed by atoms with E-state index in [9.17, 15) is 9.59 Å². The molecule has 11 aromatic rings. The van der Waals surface area contributed by atoms with Crippen LogP contribution >= 0.6 is 0 Å². The molecule has 0 unspecified atom stereocenters. The van der Waals surface area contributed by atoms with Crippen LogP contribution in [0.3, 0.4) is 0 Å². The summed E-state index contributed by atoms with van der Waals surface area (Å²) in [4.78, 5) is 46.1. The number of hydrogen-bond acceptors (Lipinski definition) is 6. The minimum atomic E-state index is -0.520. The van der Waals surface area contributed by atoms with Crippen molar-refractivity contribution in [2.45, 2.75) is 41.5 Å². The van der Waals surface area contributed by atoms with Gasteiger partial charge in [-0.15, -0.1) is 89.5 Å². The van der Waals surface area contributed by atoms with E-state index >= 15 is 0 Å². The van der Waals surface area contributed by atoms with Crippen molar-refractivity contribution in [2.24, 2.45) is 10.8 Å². The van der Waals surface area contributed by atoms with Crippen LogP contribution in [-0.4, -0.2) is 31.5 Å². The summed E-state index contributed by atoms with van der Waals surface area (Å²) in [7, 11) is 0. The van der Waals surface area contributed by atoms with Gasteiger partial charge >= 0.3 is 20.1 Å². The molecule has 0 aliphatic carbocycles. The molecule has 0 radical (unpaired) electrons. The normalized spacial score (nSPS) is 11.4. The number of rotatable bonds is 12. The standard InChI is InChI=1S/C72H55N4O2.Ir/c1-71(2,3)66(77)51-37-31-48(32-38-51)60-24-14-17-27-63(60)57-43-56(44-58(45-57)64-28-18-15-25-61(64)49-33-39-52(40-34-49)67(78)72(4,5)6)62-26-16-13-23-59(62)47-29-35-50(36-30-47)65-42-41-55(46-73-65)70-75-68(53-19-9-7-10-20-53)74-69(76-70)54-21-11-8-12-22-54;/h7-35,37,39,41-46H,1-6H3;/q-3;+3. The summed E-state index contributed by atoms with van der Waals surface area (Å²) in [6, 6.07) is 84.1. The number of hydrogen-bond donors (Lipinski definition) is 0. The van der Waals surface area contributed by atoms with Gasteiger partial charge in [0, 0.05) is 22.9 Å². The molecule has 0 atom stereocenters. The SMILES string of the molecule is CC(C)(C)C(=O)c1[c-]cc(-c2ccccc2-c2cc(-c3ccccc3-c3c[c-]c(C(=O)C(C)(C)C)cc3)cc(-c3ccccc3-c3c[c-]c(-c4ccc(-c5nc(-c6ccccc6)nc(-c6ccccc6)n5)cn4)cc3)c2)cc1.[Ir+3]. The number of carbonyl (C=O) groups excluding carboxylic acids is 2. The maximum Gasteiger partial charge on any atom is 3.00 e. The smallest absolute Gasteiger partial charge is 0.351 e. The third kappa shape index (κ3) is 11.6. The van der Waals surface area contributed by atoms with Gasteiger partial charge in [-0.25, -0.2) is 15.0 Å². The van der Waals surface area contributed by atoms with Crippen molar-refractivity contribution in [1.29, 1.82) is 0 Å². The van der Waals surface area contributed by atoms with Crippen LogP contribution in [0.1, 0.15) is 62.3 Å². The van der Waals surface area contributed by atoms with Gasteiger partial charge in [-0.05, 0) is 68.1 Å². The maximum atomic E-state index is 13.3. The fourth-order valence-corrected chi connectivity index (χ4v) is 9.70. The van der Waals surface area contributed by atoms with E-state index in [4.69, 9.17) is 19.9 Å². The molecule has 0 saturated heterocycles. The number of Topliss-reactive ketones (excluding diaryl/α,β-unsaturated/α-hetero) is 2. The summed E-state index contributed by atoms with van der Waals surface area (Å²) in [6.45, 7) is 11.6. The van der Waals surface area contributed by atoms with Crippen molar-refractivity contribution >= 4 is 11.6 Å². The molecule has 79 heavy (non-hydrogen) atoms. The maximum absolute atomic E-state index is 13.3. The van der Waals surface area contributed by atoms with Gasteiger partial charge in [-0.3, -0.25) is 0 Å². The molecule has 2 aromatic heterocycles. The zero-order valence-electron chi connectivity index (χ0n) is 44.8. The second-order valence-electron chi connectivity index (χ2n) is 21.5. The molecule has 0 aliphatic rings. The zero-order chi connectivity index (χ0) is 54.0. The Morgan fingerprint density at radius 3 is 0.987 bits per heavy atom. The Kier molecular flexibility index (Phi) is 15.3. The zero-order valence-corrected chi connectivity index (χ0v) is 47.2. The monoisotopic (exact) mass is 1200 g/mol. The molecule has 0 amide bonds. The van der Waals surface area contributed by atoms with Gasteiger partial charge in [0.2, 0.25) is 0 Å². The summed E-state index contributed by atoms with van der Waals surface area (Å²) in [5, 5.41) is 0. The molecule has 0 bridgehead atoms. The van der Waals surface area contributed by atoms with E-state index in [2.05, 4.69) is 121 Å². The first-order valence-electron chi connectivity index (χ1n) is 26.2. The molecule has 0 saturated carbocycles. The van der Waals surface area contributed by atoms with Gasteiger partial charge in [0.15, 0.2) is 17.5 Å². The van der Waals surface area contributed by atoms with E-state index in [-0.39, 0.29) is 31.7 Å². The van der Waals surface area contributed by atoms with Gasteiger partial charge < -0.3 is 14.6 Å². The predicted molar refractivity (Wildman–Crippen MR) is 316 cm³/mol. The van der Waals surface area contributed by atoms with E-state index in [1.807, 2.05) is 163 Å². The van der Waals surface area contributed by atoms with Crippen LogP contribution < -0.4 is 0 Å². The quantitative estimate of drug-likeness (QED) is 0.0895. The number of ketones is 2. The largest absolute Gasteiger partial charge is 3.00 e. The Balaban J connectivity index is 0.00000704. The minimum absolute atomic E-state index is 0. The molecule has 384 valence electrons. The molecule has 0 aliphatic heterocycles. The number of pyridine rings is 1. The van der Waals surface area contributed by atoms with Gasteiger partial charge in [0.05, 0.1) is 11.6 Å². The van der Waals surface area contributed by atoms with Crippen LogP contribution in [0.4, 0.5) is 0 Å². The van der Waals surface area contributed by atoms with E-state index in [1.165, 1.54) is 0 Å². The molecule has 0 fully saturated rings. The Labute approximate surface area is 476 Å². The van der Waals surface area contributed by atoms with E-state index < -0.39 is 10.8 Å². The molecule has 2 heterocycles. The van der Waals surface area contributed by atoms with Crippen molar-refractivity contribution in [1.82, 2.24) is 19.9 Å². The van der Waals surface area contributed by atoms with Crippen LogP contribution in [0.2, 0.25) is 0 Å². The van der Waals surface area contributed by atoms with Crippen molar-refractivity contribution < 1.29 is 29.7 Å². The van der Waals surface area contributed by atoms with Crippen molar-refractivity contribution in [2.75, 3.05) is 0 Å². The Bertz CT molecular complexity index is 3790. The average Bonchev–Trinajstić information content (AvgIpc) is 3.57. The topological polar surface area (TPSA) is 85.7 Å². The number of nitrogens with zero attached hydrogens (tertiary/aromatic N) is 4.